The maximum absolute atomic E-state index is 5.56. The first-order chi connectivity index (χ1) is 15.1. The molecule has 176 valence electrons. The van der Waals surface area contributed by atoms with Gasteiger partial charge in [-0.05, 0) is 41.8 Å². The number of rotatable bonds is 8. The number of ether oxygens (including phenoxy) is 3. The molecule has 3 rings (SSSR count). The Balaban J connectivity index is 0.00000363. The molecule has 7 nitrogen and oxygen atoms in total. The predicted molar refractivity (Wildman–Crippen MR) is 139 cm³/mol. The average Bonchev–Trinajstić information content (AvgIpc) is 2.83. The summed E-state index contributed by atoms with van der Waals surface area (Å²) in [5.41, 5.74) is 3.51. The zero-order valence-electron chi connectivity index (χ0n) is 19.4. The molecule has 8 heteroatoms. The number of nitrogens with zero attached hydrogens (tertiary/aromatic N) is 2. The Morgan fingerprint density at radius 3 is 2.41 bits per heavy atom. The second-order valence-corrected chi connectivity index (χ2v) is 7.55. The van der Waals surface area contributed by atoms with Crippen LogP contribution < -0.4 is 20.1 Å². The fraction of sp³-hybridized carbons (Fsp3) is 0.458. The topological polar surface area (TPSA) is 67.4 Å². The molecule has 1 heterocycles. The fourth-order valence-electron chi connectivity index (χ4n) is 3.75. The minimum atomic E-state index is 0. The summed E-state index contributed by atoms with van der Waals surface area (Å²) in [6.07, 6.45) is 0. The molecule has 0 bridgehead atoms. The van der Waals surface area contributed by atoms with E-state index in [2.05, 4.69) is 50.9 Å². The molecule has 0 spiro atoms. The second-order valence-electron chi connectivity index (χ2n) is 7.55. The Hall–Kier alpha value is -2.04. The van der Waals surface area contributed by atoms with Crippen LogP contribution in [-0.2, 0) is 11.3 Å². The first-order valence-electron chi connectivity index (χ1n) is 10.7. The first kappa shape index (κ1) is 26.2. The molecule has 1 atom stereocenters. The van der Waals surface area contributed by atoms with Crippen molar-refractivity contribution < 1.29 is 14.2 Å². The minimum Gasteiger partial charge on any atom is -0.497 e. The van der Waals surface area contributed by atoms with Gasteiger partial charge in [-0.3, -0.25) is 9.89 Å². The van der Waals surface area contributed by atoms with Crippen LogP contribution in [0.3, 0.4) is 0 Å². The summed E-state index contributed by atoms with van der Waals surface area (Å²) < 4.78 is 16.3. The Bertz CT molecular complexity index is 855. The lowest BCUT2D eigenvalue weighted by atomic mass is 10.0. The Morgan fingerprint density at radius 2 is 1.78 bits per heavy atom. The van der Waals surface area contributed by atoms with Crippen LogP contribution >= 0.6 is 24.0 Å². The van der Waals surface area contributed by atoms with Crippen molar-refractivity contribution in [3.63, 3.8) is 0 Å². The summed E-state index contributed by atoms with van der Waals surface area (Å²) in [4.78, 5) is 6.86. The molecule has 1 unspecified atom stereocenters. The number of methoxy groups -OCH3 is 2. The number of hydrogen-bond donors (Lipinski definition) is 2. The maximum Gasteiger partial charge on any atom is 0.191 e. The van der Waals surface area contributed by atoms with Gasteiger partial charge in [-0.2, -0.15) is 0 Å². The van der Waals surface area contributed by atoms with E-state index in [0.717, 1.165) is 61.4 Å². The van der Waals surface area contributed by atoms with Gasteiger partial charge in [-0.1, -0.05) is 24.3 Å². The van der Waals surface area contributed by atoms with Crippen molar-refractivity contribution in [3.8, 4) is 11.5 Å². The Kier molecular flexibility index (Phi) is 11.1. The van der Waals surface area contributed by atoms with E-state index >= 15 is 0 Å². The van der Waals surface area contributed by atoms with E-state index in [-0.39, 0.29) is 30.0 Å². The summed E-state index contributed by atoms with van der Waals surface area (Å²) in [5.74, 6) is 2.53. The van der Waals surface area contributed by atoms with Crippen molar-refractivity contribution >= 4 is 29.9 Å². The van der Waals surface area contributed by atoms with Crippen LogP contribution in [0, 0.1) is 6.92 Å². The van der Waals surface area contributed by atoms with Gasteiger partial charge in [-0.25, -0.2) is 0 Å². The van der Waals surface area contributed by atoms with E-state index in [1.54, 1.807) is 21.3 Å². The molecule has 1 aliphatic heterocycles. The standard InChI is InChI=1S/C24H34N4O3.HI/c1-18-5-6-19(15-23(18)30-4)16-26-24(25-2)27-17-22(28-11-13-31-14-12-28)20-7-9-21(29-3)10-8-20;/h5-10,15,22H,11-14,16-17H2,1-4H3,(H2,25,26,27);1H. The van der Waals surface area contributed by atoms with E-state index in [1.807, 2.05) is 19.1 Å². The van der Waals surface area contributed by atoms with Gasteiger partial charge in [0.05, 0.1) is 33.5 Å². The zero-order chi connectivity index (χ0) is 22.1. The van der Waals surface area contributed by atoms with Gasteiger partial charge in [0, 0.05) is 33.2 Å². The van der Waals surface area contributed by atoms with Crippen molar-refractivity contribution in [1.82, 2.24) is 15.5 Å². The van der Waals surface area contributed by atoms with Gasteiger partial charge in [0.25, 0.3) is 0 Å². The quantitative estimate of drug-likeness (QED) is 0.297. The van der Waals surface area contributed by atoms with Crippen LogP contribution in [0.1, 0.15) is 22.7 Å². The third-order valence-electron chi connectivity index (χ3n) is 5.61. The summed E-state index contributed by atoms with van der Waals surface area (Å²) in [6.45, 7) is 6.79. The molecule has 0 aliphatic carbocycles. The molecule has 0 radical (unpaired) electrons. The molecule has 0 aromatic heterocycles. The SMILES string of the molecule is CN=C(NCc1ccc(C)c(OC)c1)NCC(c1ccc(OC)cc1)N1CCOCC1.I. The highest BCUT2D eigenvalue weighted by Crippen LogP contribution is 2.24. The van der Waals surface area contributed by atoms with E-state index < -0.39 is 0 Å². The molecule has 1 aliphatic rings. The van der Waals surface area contributed by atoms with Gasteiger partial charge in [0.15, 0.2) is 5.96 Å². The van der Waals surface area contributed by atoms with Crippen molar-refractivity contribution in [2.45, 2.75) is 19.5 Å². The third kappa shape index (κ3) is 7.25. The van der Waals surface area contributed by atoms with Gasteiger partial charge >= 0.3 is 0 Å². The molecule has 2 N–H and O–H groups in total. The summed E-state index contributed by atoms with van der Waals surface area (Å²) in [5, 5.41) is 6.90. The Labute approximate surface area is 208 Å². The number of nitrogens with one attached hydrogen (secondary N) is 2. The molecule has 2 aromatic rings. The number of benzene rings is 2. The molecule has 1 saturated heterocycles. The smallest absolute Gasteiger partial charge is 0.191 e. The lowest BCUT2D eigenvalue weighted by Crippen LogP contribution is -2.46. The molecule has 0 saturated carbocycles. The molecule has 1 fully saturated rings. The van der Waals surface area contributed by atoms with Crippen LogP contribution in [0.5, 0.6) is 11.5 Å². The van der Waals surface area contributed by atoms with E-state index in [9.17, 15) is 0 Å². The second kappa shape index (κ2) is 13.5. The monoisotopic (exact) mass is 554 g/mol. The maximum atomic E-state index is 5.56. The fourth-order valence-corrected chi connectivity index (χ4v) is 3.75. The number of morpholine rings is 1. The van der Waals surface area contributed by atoms with Crippen molar-refractivity contribution in [2.24, 2.45) is 4.99 Å². The van der Waals surface area contributed by atoms with Crippen LogP contribution in [0.2, 0.25) is 0 Å². The van der Waals surface area contributed by atoms with E-state index in [1.165, 1.54) is 5.56 Å². The number of hydrogen-bond acceptors (Lipinski definition) is 5. The summed E-state index contributed by atoms with van der Waals surface area (Å²) in [7, 11) is 5.18. The summed E-state index contributed by atoms with van der Waals surface area (Å²) >= 11 is 0. The average molecular weight is 554 g/mol. The van der Waals surface area contributed by atoms with Crippen LogP contribution in [-0.4, -0.2) is 65.0 Å². The van der Waals surface area contributed by atoms with Gasteiger partial charge in [0.1, 0.15) is 11.5 Å². The molecule has 32 heavy (non-hydrogen) atoms. The molecular formula is C24H35IN4O3. The van der Waals surface area contributed by atoms with Crippen molar-refractivity contribution in [2.75, 3.05) is 54.1 Å². The Morgan fingerprint density at radius 1 is 1.06 bits per heavy atom. The minimum absolute atomic E-state index is 0. The van der Waals surface area contributed by atoms with Gasteiger partial charge in [-0.15, -0.1) is 24.0 Å². The lowest BCUT2D eigenvalue weighted by Gasteiger charge is -2.35. The molecular weight excluding hydrogens is 519 g/mol. The number of aryl methyl sites for hydroxylation is 1. The van der Waals surface area contributed by atoms with Crippen LogP contribution in [0.4, 0.5) is 0 Å². The number of halogens is 1. The number of guanidine groups is 1. The normalized spacial score (nSPS) is 15.4. The van der Waals surface area contributed by atoms with Crippen LogP contribution in [0.25, 0.3) is 0 Å². The van der Waals surface area contributed by atoms with E-state index in [4.69, 9.17) is 14.2 Å². The van der Waals surface area contributed by atoms with E-state index in [0.29, 0.717) is 6.54 Å². The van der Waals surface area contributed by atoms with Crippen LogP contribution in [0.15, 0.2) is 47.5 Å². The van der Waals surface area contributed by atoms with Crippen molar-refractivity contribution in [3.05, 3.63) is 59.2 Å². The number of aliphatic imine (C=N–C) groups is 1. The highest BCUT2D eigenvalue weighted by Gasteiger charge is 2.23. The molecule has 0 amide bonds. The predicted octanol–water partition coefficient (Wildman–Crippen LogP) is 3.37. The highest BCUT2D eigenvalue weighted by molar-refractivity contribution is 14.0. The first-order valence-corrected chi connectivity index (χ1v) is 10.7. The largest absolute Gasteiger partial charge is 0.497 e. The van der Waals surface area contributed by atoms with Gasteiger partial charge < -0.3 is 24.8 Å². The lowest BCUT2D eigenvalue weighted by molar-refractivity contribution is 0.0170. The van der Waals surface area contributed by atoms with Crippen molar-refractivity contribution in [1.29, 1.82) is 0 Å². The van der Waals surface area contributed by atoms with Gasteiger partial charge in [0.2, 0.25) is 0 Å². The third-order valence-corrected chi connectivity index (χ3v) is 5.61. The zero-order valence-corrected chi connectivity index (χ0v) is 21.7. The highest BCUT2D eigenvalue weighted by atomic mass is 127. The molecule has 2 aromatic carbocycles. The summed E-state index contributed by atoms with van der Waals surface area (Å²) in [6, 6.07) is 14.7.